The number of pyridine rings is 1. The summed E-state index contributed by atoms with van der Waals surface area (Å²) in [7, 11) is 0. The predicted molar refractivity (Wildman–Crippen MR) is 119 cm³/mol. The molecule has 9 heteroatoms. The zero-order chi connectivity index (χ0) is 23.4. The molecule has 0 saturated heterocycles. The number of nitriles is 1. The topological polar surface area (TPSA) is 87.2 Å². The molecule has 1 aliphatic heterocycles. The largest absolute Gasteiger partial charge is 0.315 e. The van der Waals surface area contributed by atoms with Crippen LogP contribution in [0.4, 0.5) is 8.78 Å². The SMILES string of the molecule is N#Cc1cnc2c(c1)ncn2C[C@@H]1C[C@H](C(=O)N2N=CCC2c2cc(F)cc(F)c2)C2CC1C2. The average molecular weight is 460 g/mol. The fourth-order valence-corrected chi connectivity index (χ4v) is 5.90. The number of carbonyl (C=O) groups is 1. The van der Waals surface area contributed by atoms with Crippen LogP contribution in [-0.4, -0.2) is 31.7 Å². The summed E-state index contributed by atoms with van der Waals surface area (Å²) in [6.07, 6.45) is 8.12. The Bertz CT molecular complexity index is 1330. The first-order valence-corrected chi connectivity index (χ1v) is 11.5. The van der Waals surface area contributed by atoms with E-state index in [0.29, 0.717) is 47.4 Å². The average Bonchev–Trinajstić information content (AvgIpc) is 3.44. The van der Waals surface area contributed by atoms with Crippen molar-refractivity contribution in [1.29, 1.82) is 5.26 Å². The van der Waals surface area contributed by atoms with E-state index < -0.39 is 17.7 Å². The van der Waals surface area contributed by atoms with Gasteiger partial charge in [0, 0.05) is 37.4 Å². The van der Waals surface area contributed by atoms with Crippen molar-refractivity contribution in [2.45, 2.75) is 38.3 Å². The maximum atomic E-state index is 13.8. The van der Waals surface area contributed by atoms with E-state index in [1.54, 1.807) is 24.8 Å². The lowest BCUT2D eigenvalue weighted by molar-refractivity contribution is -0.147. The first-order chi connectivity index (χ1) is 16.5. The van der Waals surface area contributed by atoms with Crippen molar-refractivity contribution >= 4 is 23.3 Å². The molecule has 172 valence electrons. The lowest BCUT2D eigenvalue weighted by atomic mass is 9.55. The van der Waals surface area contributed by atoms with Crippen molar-refractivity contribution < 1.29 is 13.6 Å². The van der Waals surface area contributed by atoms with Gasteiger partial charge < -0.3 is 4.57 Å². The molecule has 1 aromatic carbocycles. The van der Waals surface area contributed by atoms with Gasteiger partial charge in [0.05, 0.1) is 17.9 Å². The first kappa shape index (κ1) is 20.9. The van der Waals surface area contributed by atoms with E-state index in [0.717, 1.165) is 31.0 Å². The summed E-state index contributed by atoms with van der Waals surface area (Å²) in [5.74, 6) is -0.368. The molecular weight excluding hydrogens is 438 g/mol. The zero-order valence-electron chi connectivity index (χ0n) is 18.3. The Morgan fingerprint density at radius 3 is 2.65 bits per heavy atom. The van der Waals surface area contributed by atoms with E-state index in [4.69, 9.17) is 5.26 Å². The van der Waals surface area contributed by atoms with Crippen molar-refractivity contribution in [3.05, 3.63) is 59.6 Å². The van der Waals surface area contributed by atoms with Gasteiger partial charge in [-0.15, -0.1) is 0 Å². The molecule has 3 heterocycles. The van der Waals surface area contributed by atoms with Gasteiger partial charge >= 0.3 is 0 Å². The van der Waals surface area contributed by atoms with Gasteiger partial charge in [0.25, 0.3) is 0 Å². The Morgan fingerprint density at radius 2 is 1.88 bits per heavy atom. The summed E-state index contributed by atoms with van der Waals surface area (Å²) in [4.78, 5) is 22.4. The number of hydrogen-bond donors (Lipinski definition) is 0. The molecule has 3 fully saturated rings. The van der Waals surface area contributed by atoms with Gasteiger partial charge in [0.15, 0.2) is 5.65 Å². The smallest absolute Gasteiger partial charge is 0.246 e. The highest BCUT2D eigenvalue weighted by Gasteiger charge is 2.50. The number of imidazole rings is 1. The van der Waals surface area contributed by atoms with Crippen LogP contribution >= 0.6 is 0 Å². The number of aromatic nitrogens is 3. The van der Waals surface area contributed by atoms with Crippen LogP contribution in [-0.2, 0) is 11.3 Å². The second-order valence-electron chi connectivity index (χ2n) is 9.60. The molecule has 1 unspecified atom stereocenters. The maximum Gasteiger partial charge on any atom is 0.246 e. The van der Waals surface area contributed by atoms with Gasteiger partial charge in [-0.1, -0.05) is 0 Å². The van der Waals surface area contributed by atoms with E-state index >= 15 is 0 Å². The molecule has 3 aromatic rings. The molecule has 2 aromatic heterocycles. The molecule has 7 rings (SSSR count). The molecule has 0 N–H and O–H groups in total. The number of benzene rings is 1. The summed E-state index contributed by atoms with van der Waals surface area (Å²) < 4.78 is 29.6. The molecule has 0 spiro atoms. The Balaban J connectivity index is 1.21. The fourth-order valence-electron chi connectivity index (χ4n) is 5.90. The van der Waals surface area contributed by atoms with E-state index in [1.165, 1.54) is 17.1 Å². The highest BCUT2D eigenvalue weighted by Crippen LogP contribution is 2.53. The molecule has 2 bridgehead atoms. The van der Waals surface area contributed by atoms with E-state index in [9.17, 15) is 13.6 Å². The van der Waals surface area contributed by atoms with Crippen LogP contribution in [0.25, 0.3) is 11.2 Å². The standard InChI is InChI=1S/C25H22F2N6O/c26-19-6-17(7-20(27)9-19)23-1-2-31-33(23)25(34)21-8-18(15-4-16(21)5-15)12-32-13-30-22-3-14(10-28)11-29-24(22)32/h2-3,6-7,9,11,13,15-16,18,21,23H,1,4-5,8,12H2/t15?,16?,18-,21-,23?/m0/s1. The second-order valence-corrected chi connectivity index (χ2v) is 9.60. The predicted octanol–water partition coefficient (Wildman–Crippen LogP) is 4.20. The molecule has 1 amide bonds. The highest BCUT2D eigenvalue weighted by atomic mass is 19.1. The van der Waals surface area contributed by atoms with Crippen LogP contribution in [0, 0.1) is 46.6 Å². The lowest BCUT2D eigenvalue weighted by Crippen LogP contribution is -2.49. The second kappa shape index (κ2) is 7.97. The van der Waals surface area contributed by atoms with E-state index in [1.807, 2.05) is 4.57 Å². The lowest BCUT2D eigenvalue weighted by Gasteiger charge is -2.51. The maximum absolute atomic E-state index is 13.8. The number of carbonyl (C=O) groups excluding carboxylic acids is 1. The van der Waals surface area contributed by atoms with Crippen LogP contribution < -0.4 is 0 Å². The quantitative estimate of drug-likeness (QED) is 0.584. The minimum atomic E-state index is -0.656. The van der Waals surface area contributed by atoms with Crippen LogP contribution in [0.5, 0.6) is 0 Å². The molecular formula is C25H22F2N6O. The summed E-state index contributed by atoms with van der Waals surface area (Å²) in [5, 5.41) is 14.8. The Morgan fingerprint density at radius 1 is 1.09 bits per heavy atom. The third-order valence-corrected chi connectivity index (χ3v) is 7.66. The van der Waals surface area contributed by atoms with Crippen LogP contribution in [0.3, 0.4) is 0 Å². The van der Waals surface area contributed by atoms with Gasteiger partial charge in [-0.25, -0.2) is 23.8 Å². The number of rotatable bonds is 4. The van der Waals surface area contributed by atoms with Gasteiger partial charge in [-0.3, -0.25) is 4.79 Å². The zero-order valence-corrected chi connectivity index (χ0v) is 18.3. The molecule has 4 aliphatic rings. The van der Waals surface area contributed by atoms with Gasteiger partial charge in [-0.05, 0) is 60.8 Å². The Labute approximate surface area is 194 Å². The van der Waals surface area contributed by atoms with Gasteiger partial charge in [-0.2, -0.15) is 10.4 Å². The summed E-state index contributed by atoms with van der Waals surface area (Å²) >= 11 is 0. The molecule has 3 aliphatic carbocycles. The summed E-state index contributed by atoms with van der Waals surface area (Å²) in [6.45, 7) is 0.707. The normalized spacial score (nSPS) is 27.6. The molecule has 3 atom stereocenters. The van der Waals surface area contributed by atoms with Crippen LogP contribution in [0.15, 0.2) is 41.9 Å². The Kier molecular flexibility index (Phi) is 4.90. The number of hydrazone groups is 1. The van der Waals surface area contributed by atoms with Crippen molar-refractivity contribution in [2.24, 2.45) is 28.8 Å². The van der Waals surface area contributed by atoms with Gasteiger partial charge in [0.2, 0.25) is 5.91 Å². The molecule has 0 radical (unpaired) electrons. The van der Waals surface area contributed by atoms with E-state index in [-0.39, 0.29) is 11.8 Å². The number of nitrogens with zero attached hydrogens (tertiary/aromatic N) is 6. The molecule has 7 nitrogen and oxygen atoms in total. The summed E-state index contributed by atoms with van der Waals surface area (Å²) in [6, 6.07) is 6.72. The number of hydrogen-bond acceptors (Lipinski definition) is 5. The number of fused-ring (bicyclic) bond motifs is 3. The van der Waals surface area contributed by atoms with Crippen molar-refractivity contribution in [2.75, 3.05) is 0 Å². The van der Waals surface area contributed by atoms with Crippen molar-refractivity contribution in [3.63, 3.8) is 0 Å². The monoisotopic (exact) mass is 460 g/mol. The minimum Gasteiger partial charge on any atom is -0.315 e. The summed E-state index contributed by atoms with van der Waals surface area (Å²) in [5.41, 5.74) is 2.32. The van der Waals surface area contributed by atoms with Crippen molar-refractivity contribution in [3.8, 4) is 6.07 Å². The fraction of sp³-hybridized carbons (Fsp3) is 0.400. The van der Waals surface area contributed by atoms with Gasteiger partial charge in [0.1, 0.15) is 23.2 Å². The molecule has 3 saturated carbocycles. The highest BCUT2D eigenvalue weighted by molar-refractivity contribution is 5.82. The number of amides is 1. The van der Waals surface area contributed by atoms with Crippen LogP contribution in [0.1, 0.15) is 42.9 Å². The van der Waals surface area contributed by atoms with E-state index in [2.05, 4.69) is 21.1 Å². The first-order valence-electron chi connectivity index (χ1n) is 11.5. The minimum absolute atomic E-state index is 0.0659. The molecule has 34 heavy (non-hydrogen) atoms. The van der Waals surface area contributed by atoms with Crippen LogP contribution in [0.2, 0.25) is 0 Å². The van der Waals surface area contributed by atoms with Crippen molar-refractivity contribution in [1.82, 2.24) is 19.5 Å². The Hall–Kier alpha value is -3.67. The third kappa shape index (κ3) is 3.45. The third-order valence-electron chi connectivity index (χ3n) is 7.66. The number of halogens is 2.